The summed E-state index contributed by atoms with van der Waals surface area (Å²) in [6, 6.07) is 0. The third kappa shape index (κ3) is 11.6. The summed E-state index contributed by atoms with van der Waals surface area (Å²) < 4.78 is 10.7. The fourth-order valence-electron chi connectivity index (χ4n) is 2.06. The largest absolute Gasteiger partial charge is 0.465 e. The van der Waals surface area contributed by atoms with E-state index in [9.17, 15) is 9.59 Å². The Morgan fingerprint density at radius 2 is 1.68 bits per heavy atom. The Morgan fingerprint density at radius 1 is 1.05 bits per heavy atom. The Bertz CT molecular complexity index is 328. The van der Waals surface area contributed by atoms with Gasteiger partial charge in [-0.2, -0.15) is 0 Å². The molecule has 22 heavy (non-hydrogen) atoms. The van der Waals surface area contributed by atoms with Gasteiger partial charge >= 0.3 is 11.9 Å². The minimum Gasteiger partial charge on any atom is -0.465 e. The molecule has 0 aliphatic rings. The van der Waals surface area contributed by atoms with Gasteiger partial charge in [-0.15, -0.1) is 0 Å². The number of esters is 2. The fraction of sp³-hybridized carbons (Fsp3) is 0.889. The lowest BCUT2D eigenvalue weighted by atomic mass is 10.0. The van der Waals surface area contributed by atoms with E-state index in [1.165, 1.54) is 0 Å². The van der Waals surface area contributed by atoms with Crippen molar-refractivity contribution in [3.8, 4) is 0 Å². The Balaban J connectivity index is 4.44. The van der Waals surface area contributed by atoms with Gasteiger partial charge in [-0.05, 0) is 33.1 Å². The molecular weight excluding hydrogens is 280 g/mol. The summed E-state index contributed by atoms with van der Waals surface area (Å²) >= 11 is 0. The van der Waals surface area contributed by atoms with Gasteiger partial charge in [0, 0.05) is 6.42 Å². The minimum atomic E-state index is -0.513. The van der Waals surface area contributed by atoms with E-state index in [4.69, 9.17) is 9.47 Å². The van der Waals surface area contributed by atoms with E-state index < -0.39 is 5.60 Å². The summed E-state index contributed by atoms with van der Waals surface area (Å²) in [7, 11) is 0. The van der Waals surface area contributed by atoms with Gasteiger partial charge < -0.3 is 9.47 Å². The molecule has 0 fully saturated rings. The van der Waals surface area contributed by atoms with Crippen LogP contribution in [-0.2, 0) is 19.1 Å². The molecule has 0 spiro atoms. The highest BCUT2D eigenvalue weighted by atomic mass is 16.6. The second-order valence-corrected chi connectivity index (χ2v) is 7.36. The van der Waals surface area contributed by atoms with Crippen LogP contribution in [0.3, 0.4) is 0 Å². The highest BCUT2D eigenvalue weighted by Gasteiger charge is 2.26. The molecule has 0 radical (unpaired) electrons. The minimum absolute atomic E-state index is 0.132. The van der Waals surface area contributed by atoms with Gasteiger partial charge in [-0.1, -0.05) is 46.5 Å². The van der Waals surface area contributed by atoms with Crippen molar-refractivity contribution >= 4 is 11.9 Å². The molecule has 1 unspecified atom stereocenters. The smallest absolute Gasteiger partial charge is 0.312 e. The molecule has 0 aliphatic carbocycles. The molecule has 0 aliphatic heterocycles. The number of carbonyl (C=O) groups excluding carboxylic acids is 2. The number of unbranched alkanes of at least 4 members (excludes halogenated alkanes) is 3. The van der Waals surface area contributed by atoms with Gasteiger partial charge in [0.2, 0.25) is 0 Å². The molecule has 0 bridgehead atoms. The highest BCUT2D eigenvalue weighted by molar-refractivity contribution is 5.74. The molecule has 0 saturated carbocycles. The predicted molar refractivity (Wildman–Crippen MR) is 88.5 cm³/mol. The third-order valence-electron chi connectivity index (χ3n) is 3.17. The maximum Gasteiger partial charge on any atom is 0.312 e. The zero-order chi connectivity index (χ0) is 17.2. The molecule has 0 amide bonds. The number of hydrogen-bond donors (Lipinski definition) is 0. The van der Waals surface area contributed by atoms with Crippen molar-refractivity contribution in [3.05, 3.63) is 0 Å². The van der Waals surface area contributed by atoms with E-state index in [-0.39, 0.29) is 30.4 Å². The summed E-state index contributed by atoms with van der Waals surface area (Å²) in [4.78, 5) is 23.9. The normalized spacial score (nSPS) is 13.0. The lowest BCUT2D eigenvalue weighted by Crippen LogP contribution is -2.31. The molecule has 4 heteroatoms. The zero-order valence-electron chi connectivity index (χ0n) is 15.2. The van der Waals surface area contributed by atoms with Gasteiger partial charge in [0.15, 0.2) is 0 Å². The average molecular weight is 314 g/mol. The van der Waals surface area contributed by atoms with Crippen LogP contribution in [0.2, 0.25) is 0 Å². The van der Waals surface area contributed by atoms with E-state index in [0.29, 0.717) is 12.8 Å². The van der Waals surface area contributed by atoms with Crippen molar-refractivity contribution in [1.29, 1.82) is 0 Å². The van der Waals surface area contributed by atoms with Crippen LogP contribution >= 0.6 is 0 Å². The maximum atomic E-state index is 12.2. The van der Waals surface area contributed by atoms with Crippen molar-refractivity contribution in [3.63, 3.8) is 0 Å². The Kier molecular flexibility index (Phi) is 10.1. The molecule has 0 aromatic carbocycles. The van der Waals surface area contributed by atoms with Crippen LogP contribution < -0.4 is 0 Å². The molecule has 0 aromatic rings. The summed E-state index contributed by atoms with van der Waals surface area (Å²) in [5.74, 6) is -0.595. The van der Waals surface area contributed by atoms with Gasteiger partial charge in [-0.25, -0.2) is 0 Å². The molecular formula is C18H34O4. The van der Waals surface area contributed by atoms with E-state index in [0.717, 1.165) is 25.7 Å². The van der Waals surface area contributed by atoms with Crippen molar-refractivity contribution < 1.29 is 19.1 Å². The summed E-state index contributed by atoms with van der Waals surface area (Å²) in [5, 5.41) is 0. The van der Waals surface area contributed by atoms with Crippen LogP contribution in [0.1, 0.15) is 80.1 Å². The quantitative estimate of drug-likeness (QED) is 0.440. The van der Waals surface area contributed by atoms with E-state index in [2.05, 4.69) is 6.92 Å². The second kappa shape index (κ2) is 10.6. The SMILES string of the molecule is CCCCCCC(COC(=O)CC(C)C)C(=O)OC(C)(C)C. The van der Waals surface area contributed by atoms with E-state index >= 15 is 0 Å². The van der Waals surface area contributed by atoms with E-state index in [1.807, 2.05) is 34.6 Å². The molecule has 0 saturated heterocycles. The first-order valence-electron chi connectivity index (χ1n) is 8.54. The van der Waals surface area contributed by atoms with Gasteiger partial charge in [0.1, 0.15) is 12.2 Å². The lowest BCUT2D eigenvalue weighted by Gasteiger charge is -2.24. The maximum absolute atomic E-state index is 12.2. The van der Waals surface area contributed by atoms with Crippen LogP contribution in [0.15, 0.2) is 0 Å². The number of hydrogen-bond acceptors (Lipinski definition) is 4. The Hall–Kier alpha value is -1.06. The average Bonchev–Trinajstić information content (AvgIpc) is 2.34. The van der Waals surface area contributed by atoms with Gasteiger partial charge in [0.25, 0.3) is 0 Å². The van der Waals surface area contributed by atoms with Crippen molar-refractivity contribution in [1.82, 2.24) is 0 Å². The first-order valence-corrected chi connectivity index (χ1v) is 8.54. The molecule has 130 valence electrons. The van der Waals surface area contributed by atoms with Crippen LogP contribution in [0.25, 0.3) is 0 Å². The molecule has 4 nitrogen and oxygen atoms in total. The van der Waals surface area contributed by atoms with Crippen molar-refractivity contribution in [2.24, 2.45) is 11.8 Å². The molecule has 0 N–H and O–H groups in total. The summed E-state index contributed by atoms with van der Waals surface area (Å²) in [6.07, 6.45) is 5.46. The monoisotopic (exact) mass is 314 g/mol. The molecule has 0 rings (SSSR count). The van der Waals surface area contributed by atoms with Crippen molar-refractivity contribution in [2.75, 3.05) is 6.61 Å². The van der Waals surface area contributed by atoms with Crippen LogP contribution in [0.5, 0.6) is 0 Å². The molecule has 0 heterocycles. The summed E-state index contributed by atoms with van der Waals surface area (Å²) in [5.41, 5.74) is -0.513. The fourth-order valence-corrected chi connectivity index (χ4v) is 2.06. The lowest BCUT2D eigenvalue weighted by molar-refractivity contribution is -0.164. The Morgan fingerprint density at radius 3 is 2.18 bits per heavy atom. The zero-order valence-corrected chi connectivity index (χ0v) is 15.2. The van der Waals surface area contributed by atoms with Gasteiger partial charge in [-0.3, -0.25) is 9.59 Å². The molecule has 0 aromatic heterocycles. The van der Waals surface area contributed by atoms with Crippen LogP contribution in [0.4, 0.5) is 0 Å². The standard InChI is InChI=1S/C18H34O4/c1-7-8-9-10-11-15(17(20)22-18(4,5)6)13-21-16(19)12-14(2)3/h14-15H,7-13H2,1-6H3. The topological polar surface area (TPSA) is 52.6 Å². The molecule has 1 atom stereocenters. The number of rotatable bonds is 10. The van der Waals surface area contributed by atoms with Crippen molar-refractivity contribution in [2.45, 2.75) is 85.7 Å². The van der Waals surface area contributed by atoms with Gasteiger partial charge in [0.05, 0.1) is 5.92 Å². The predicted octanol–water partition coefficient (Wildman–Crippen LogP) is 4.50. The first kappa shape index (κ1) is 20.9. The van der Waals surface area contributed by atoms with E-state index in [1.54, 1.807) is 0 Å². The first-order chi connectivity index (χ1) is 10.2. The second-order valence-electron chi connectivity index (χ2n) is 7.36. The Labute approximate surface area is 135 Å². The number of ether oxygens (including phenoxy) is 2. The number of carbonyl (C=O) groups is 2. The summed E-state index contributed by atoms with van der Waals surface area (Å²) in [6.45, 7) is 11.8. The van der Waals surface area contributed by atoms with Crippen LogP contribution in [0, 0.1) is 11.8 Å². The van der Waals surface area contributed by atoms with Crippen LogP contribution in [-0.4, -0.2) is 24.1 Å². The third-order valence-corrected chi connectivity index (χ3v) is 3.17. The highest BCUT2D eigenvalue weighted by Crippen LogP contribution is 2.18.